The van der Waals surface area contributed by atoms with E-state index in [1.165, 1.54) is 29.4 Å². The molecule has 0 fully saturated rings. The molecule has 0 aliphatic carbocycles. The molecule has 0 saturated heterocycles. The van der Waals surface area contributed by atoms with E-state index in [1.54, 1.807) is 36.4 Å². The molecule has 0 aliphatic rings. The van der Waals surface area contributed by atoms with Gasteiger partial charge in [-0.2, -0.15) is 0 Å². The van der Waals surface area contributed by atoms with Crippen LogP contribution in [0.2, 0.25) is 0 Å². The number of ether oxygens (including phenoxy) is 1. The van der Waals surface area contributed by atoms with E-state index in [0.717, 1.165) is 6.54 Å². The molecule has 6 nitrogen and oxygen atoms in total. The van der Waals surface area contributed by atoms with Crippen molar-refractivity contribution >= 4 is 51.0 Å². The van der Waals surface area contributed by atoms with Gasteiger partial charge in [0.1, 0.15) is 11.3 Å². The maximum absolute atomic E-state index is 14.1. The lowest BCUT2D eigenvalue weighted by atomic mass is 10.1. The van der Waals surface area contributed by atoms with E-state index < -0.39 is 11.8 Å². The molecule has 0 atom stereocenters. The Morgan fingerprint density at radius 3 is 2.40 bits per heavy atom. The van der Waals surface area contributed by atoms with Crippen molar-refractivity contribution in [1.82, 2.24) is 9.88 Å². The monoisotopic (exact) mass is 451 g/mol. The van der Waals surface area contributed by atoms with Crippen LogP contribution in [-0.4, -0.2) is 56.1 Å². The molecule has 0 unspecified atom stereocenters. The molecule has 1 aromatic heterocycles. The molecule has 0 saturated carbocycles. The molecule has 0 aliphatic heterocycles. The number of nitrogens with zero attached hydrogens (tertiary/aromatic N) is 3. The summed E-state index contributed by atoms with van der Waals surface area (Å²) in [5.74, 6) is -1.39. The van der Waals surface area contributed by atoms with Crippen molar-refractivity contribution in [2.24, 2.45) is 0 Å². The van der Waals surface area contributed by atoms with Crippen molar-refractivity contribution in [3.63, 3.8) is 0 Å². The first kappa shape index (κ1) is 23.7. The van der Waals surface area contributed by atoms with Crippen LogP contribution >= 0.6 is 23.7 Å². The zero-order chi connectivity index (χ0) is 21.0. The molecule has 0 spiro atoms. The fourth-order valence-corrected chi connectivity index (χ4v) is 3.96. The number of fused-ring (bicyclic) bond motifs is 1. The lowest BCUT2D eigenvalue weighted by molar-refractivity contribution is 0.0597. The average molecular weight is 452 g/mol. The van der Waals surface area contributed by atoms with Gasteiger partial charge >= 0.3 is 5.97 Å². The van der Waals surface area contributed by atoms with Crippen LogP contribution in [0.4, 0.5) is 9.52 Å². The number of thiazole rings is 1. The number of para-hydroxylation sites is 1. The lowest BCUT2D eigenvalue weighted by Crippen LogP contribution is -2.34. The first-order valence-corrected chi connectivity index (χ1v) is 9.93. The van der Waals surface area contributed by atoms with E-state index >= 15 is 0 Å². The average Bonchev–Trinajstić information content (AvgIpc) is 3.15. The largest absolute Gasteiger partial charge is 0.465 e. The zero-order valence-electron chi connectivity index (χ0n) is 16.9. The maximum Gasteiger partial charge on any atom is 0.338 e. The van der Waals surface area contributed by atoms with Gasteiger partial charge in [-0.1, -0.05) is 29.5 Å². The number of methoxy groups -OCH3 is 1. The van der Waals surface area contributed by atoms with Crippen LogP contribution in [0.25, 0.3) is 10.2 Å². The van der Waals surface area contributed by atoms with Gasteiger partial charge in [0, 0.05) is 6.54 Å². The van der Waals surface area contributed by atoms with Crippen LogP contribution in [0, 0.1) is 5.82 Å². The Hall–Kier alpha value is -2.55. The SMILES string of the molecule is COC(=O)c1ccccc1C(=O)N(CCCN(C)C)c1nc2c(F)cccc2s1.Cl. The summed E-state index contributed by atoms with van der Waals surface area (Å²) in [6, 6.07) is 11.2. The number of benzene rings is 2. The molecular formula is C21H23ClFN3O3S. The van der Waals surface area contributed by atoms with Gasteiger partial charge in [0.15, 0.2) is 5.13 Å². The standard InChI is InChI=1S/C21H22FN3O3S.ClH/c1-24(2)12-7-13-25(21-23-18-16(22)10-6-11-17(18)29-21)19(26)14-8-4-5-9-15(14)20(27)28-3;/h4-6,8-11H,7,12-13H2,1-3H3;1H. The number of amides is 1. The van der Waals surface area contributed by atoms with E-state index in [-0.39, 0.29) is 35.0 Å². The second-order valence-corrected chi connectivity index (χ2v) is 7.74. The Bertz CT molecular complexity index is 1040. The Kier molecular flexibility index (Phi) is 8.28. The molecule has 1 amide bonds. The summed E-state index contributed by atoms with van der Waals surface area (Å²) in [7, 11) is 5.17. The van der Waals surface area contributed by atoms with Crippen molar-refractivity contribution < 1.29 is 18.7 Å². The summed E-state index contributed by atoms with van der Waals surface area (Å²) < 4.78 is 19.6. The fraction of sp³-hybridized carbons (Fsp3) is 0.286. The highest BCUT2D eigenvalue weighted by molar-refractivity contribution is 7.22. The molecule has 2 aromatic carbocycles. The summed E-state index contributed by atoms with van der Waals surface area (Å²) in [5, 5.41) is 0.397. The second-order valence-electron chi connectivity index (χ2n) is 6.73. The van der Waals surface area contributed by atoms with Gasteiger partial charge in [-0.25, -0.2) is 14.2 Å². The third kappa shape index (κ3) is 5.13. The van der Waals surface area contributed by atoms with Gasteiger partial charge in [-0.3, -0.25) is 9.69 Å². The van der Waals surface area contributed by atoms with E-state index in [4.69, 9.17) is 4.74 Å². The molecule has 1 heterocycles. The quantitative estimate of drug-likeness (QED) is 0.503. The highest BCUT2D eigenvalue weighted by Gasteiger charge is 2.26. The van der Waals surface area contributed by atoms with E-state index in [1.807, 2.05) is 19.0 Å². The Balaban J connectivity index is 0.00000320. The van der Waals surface area contributed by atoms with Gasteiger partial charge in [-0.05, 0) is 51.3 Å². The highest BCUT2D eigenvalue weighted by atomic mass is 35.5. The summed E-state index contributed by atoms with van der Waals surface area (Å²) >= 11 is 1.25. The summed E-state index contributed by atoms with van der Waals surface area (Å²) in [6.07, 6.45) is 0.692. The maximum atomic E-state index is 14.1. The molecular weight excluding hydrogens is 429 g/mol. The van der Waals surface area contributed by atoms with E-state index in [9.17, 15) is 14.0 Å². The smallest absolute Gasteiger partial charge is 0.338 e. The zero-order valence-corrected chi connectivity index (χ0v) is 18.6. The summed E-state index contributed by atoms with van der Waals surface area (Å²) in [4.78, 5) is 33.4. The number of hydrogen-bond acceptors (Lipinski definition) is 6. The number of carbonyl (C=O) groups is 2. The Morgan fingerprint density at radius 1 is 1.07 bits per heavy atom. The summed E-state index contributed by atoms with van der Waals surface area (Å²) in [6.45, 7) is 1.15. The number of rotatable bonds is 7. The van der Waals surface area contributed by atoms with Crippen molar-refractivity contribution in [1.29, 1.82) is 0 Å². The van der Waals surface area contributed by atoms with Crippen molar-refractivity contribution in [2.75, 3.05) is 39.2 Å². The first-order valence-electron chi connectivity index (χ1n) is 9.11. The third-order valence-electron chi connectivity index (χ3n) is 4.38. The minimum absolute atomic E-state index is 0. The van der Waals surface area contributed by atoms with Crippen molar-refractivity contribution in [3.8, 4) is 0 Å². The van der Waals surface area contributed by atoms with Crippen LogP contribution in [0.5, 0.6) is 0 Å². The second kappa shape index (κ2) is 10.5. The highest BCUT2D eigenvalue weighted by Crippen LogP contribution is 2.31. The van der Waals surface area contributed by atoms with Crippen LogP contribution in [-0.2, 0) is 4.74 Å². The minimum atomic E-state index is -0.586. The molecule has 0 N–H and O–H groups in total. The molecule has 9 heteroatoms. The summed E-state index contributed by atoms with van der Waals surface area (Å²) in [5.41, 5.74) is 0.646. The molecule has 3 aromatic rings. The van der Waals surface area contributed by atoms with Gasteiger partial charge in [0.2, 0.25) is 0 Å². The van der Waals surface area contributed by atoms with Crippen molar-refractivity contribution in [2.45, 2.75) is 6.42 Å². The minimum Gasteiger partial charge on any atom is -0.465 e. The Labute approximate surface area is 184 Å². The molecule has 0 radical (unpaired) electrons. The lowest BCUT2D eigenvalue weighted by Gasteiger charge is -2.22. The van der Waals surface area contributed by atoms with Crippen LogP contribution in [0.1, 0.15) is 27.1 Å². The van der Waals surface area contributed by atoms with Crippen LogP contribution in [0.3, 0.4) is 0 Å². The topological polar surface area (TPSA) is 62.7 Å². The molecule has 3 rings (SSSR count). The van der Waals surface area contributed by atoms with E-state index in [2.05, 4.69) is 4.98 Å². The number of carbonyl (C=O) groups excluding carboxylic acids is 2. The predicted octanol–water partition coefficient (Wildman–Crippen LogP) is 4.24. The van der Waals surface area contributed by atoms with Crippen molar-refractivity contribution in [3.05, 3.63) is 59.4 Å². The third-order valence-corrected chi connectivity index (χ3v) is 5.43. The fourth-order valence-electron chi connectivity index (χ4n) is 2.95. The number of anilines is 1. The molecule has 160 valence electrons. The Morgan fingerprint density at radius 2 is 1.77 bits per heavy atom. The normalized spacial score (nSPS) is 10.7. The van der Waals surface area contributed by atoms with Gasteiger partial charge in [0.25, 0.3) is 5.91 Å². The predicted molar refractivity (Wildman–Crippen MR) is 119 cm³/mol. The first-order chi connectivity index (χ1) is 13.9. The van der Waals surface area contributed by atoms with Gasteiger partial charge in [0.05, 0.1) is 22.9 Å². The van der Waals surface area contributed by atoms with Gasteiger partial charge < -0.3 is 9.64 Å². The van der Waals surface area contributed by atoms with Gasteiger partial charge in [-0.15, -0.1) is 12.4 Å². The number of aromatic nitrogens is 1. The molecule has 0 bridgehead atoms. The van der Waals surface area contributed by atoms with Crippen LogP contribution in [0.15, 0.2) is 42.5 Å². The number of hydrogen-bond donors (Lipinski definition) is 0. The van der Waals surface area contributed by atoms with Crippen LogP contribution < -0.4 is 4.90 Å². The number of esters is 1. The number of halogens is 2. The van der Waals surface area contributed by atoms with E-state index in [0.29, 0.717) is 22.8 Å². The molecule has 30 heavy (non-hydrogen) atoms.